The van der Waals surface area contributed by atoms with Crippen molar-refractivity contribution in [2.75, 3.05) is 0 Å². The summed E-state index contributed by atoms with van der Waals surface area (Å²) in [6, 6.07) is 34.8. The number of hydrogen-bond acceptors (Lipinski definition) is 2. The van der Waals surface area contributed by atoms with Crippen molar-refractivity contribution in [2.24, 2.45) is 0 Å². The maximum Gasteiger partial charge on any atom is 0.0268 e. The van der Waals surface area contributed by atoms with Crippen LogP contribution in [0.4, 0.5) is 0 Å². The van der Waals surface area contributed by atoms with Crippen LogP contribution in [-0.2, 0) is 0 Å². The minimum Gasteiger partial charge on any atom is -0.0877 e. The van der Waals surface area contributed by atoms with Crippen LogP contribution >= 0.6 is 23.5 Å². The van der Waals surface area contributed by atoms with Gasteiger partial charge in [0.05, 0.1) is 0 Å². The lowest BCUT2D eigenvalue weighted by Crippen LogP contribution is -1.91. The monoisotopic (exact) mass is 368 g/mol. The fourth-order valence-corrected chi connectivity index (χ4v) is 5.48. The van der Waals surface area contributed by atoms with Gasteiger partial charge in [-0.15, -0.1) is 0 Å². The summed E-state index contributed by atoms with van der Waals surface area (Å²) in [7, 11) is 0. The van der Waals surface area contributed by atoms with E-state index in [1.54, 1.807) is 0 Å². The van der Waals surface area contributed by atoms with Crippen LogP contribution in [0.15, 0.2) is 117 Å². The molecule has 1 aliphatic rings. The lowest BCUT2D eigenvalue weighted by molar-refractivity contribution is 1.16. The van der Waals surface area contributed by atoms with Gasteiger partial charge in [-0.2, -0.15) is 0 Å². The molecule has 0 spiro atoms. The summed E-state index contributed by atoms with van der Waals surface area (Å²) in [5.74, 6) is 0. The Morgan fingerprint density at radius 1 is 0.346 bits per heavy atom. The van der Waals surface area contributed by atoms with Crippen LogP contribution in [0.25, 0.3) is 22.3 Å². The second-order valence-electron chi connectivity index (χ2n) is 6.26. The molecule has 0 amide bonds. The normalized spacial score (nSPS) is 12.3. The molecule has 0 unspecified atom stereocenters. The molecule has 0 saturated carbocycles. The summed E-state index contributed by atoms with van der Waals surface area (Å²) in [4.78, 5) is 5.37. The highest BCUT2D eigenvalue weighted by Crippen LogP contribution is 2.50. The minimum atomic E-state index is 1.27. The lowest BCUT2D eigenvalue weighted by Gasteiger charge is -2.20. The van der Waals surface area contributed by atoms with Crippen LogP contribution in [0.1, 0.15) is 0 Å². The van der Waals surface area contributed by atoms with Gasteiger partial charge in [0.2, 0.25) is 0 Å². The molecule has 4 aromatic rings. The first-order valence-corrected chi connectivity index (χ1v) is 10.2. The summed E-state index contributed by atoms with van der Waals surface area (Å²) < 4.78 is 0. The van der Waals surface area contributed by atoms with Crippen molar-refractivity contribution >= 4 is 23.5 Å². The molecule has 0 nitrogen and oxygen atoms in total. The van der Waals surface area contributed by atoms with E-state index in [-0.39, 0.29) is 0 Å². The fraction of sp³-hybridized carbons (Fsp3) is 0. The largest absolute Gasteiger partial charge is 0.0877 e. The first-order chi connectivity index (χ1) is 12.9. The van der Waals surface area contributed by atoms with Gasteiger partial charge in [0.1, 0.15) is 0 Å². The minimum absolute atomic E-state index is 1.27. The van der Waals surface area contributed by atoms with Crippen molar-refractivity contribution in [3.05, 3.63) is 97.1 Å². The smallest absolute Gasteiger partial charge is 0.0268 e. The van der Waals surface area contributed by atoms with E-state index in [1.807, 2.05) is 23.5 Å². The van der Waals surface area contributed by atoms with Crippen LogP contribution in [-0.4, -0.2) is 0 Å². The molecular formula is C24H16S2. The van der Waals surface area contributed by atoms with E-state index in [4.69, 9.17) is 0 Å². The molecular weight excluding hydrogens is 352 g/mol. The van der Waals surface area contributed by atoms with Crippen molar-refractivity contribution in [1.29, 1.82) is 0 Å². The molecule has 2 heteroatoms. The van der Waals surface area contributed by atoms with E-state index in [2.05, 4.69) is 97.1 Å². The molecule has 1 aliphatic heterocycles. The van der Waals surface area contributed by atoms with Gasteiger partial charge < -0.3 is 0 Å². The molecule has 0 atom stereocenters. The number of fused-ring (bicyclic) bond motifs is 2. The van der Waals surface area contributed by atoms with Crippen molar-refractivity contribution in [1.82, 2.24) is 0 Å². The van der Waals surface area contributed by atoms with Gasteiger partial charge in [-0.1, -0.05) is 96.3 Å². The van der Waals surface area contributed by atoms with Gasteiger partial charge in [-0.05, 0) is 46.5 Å². The van der Waals surface area contributed by atoms with Crippen LogP contribution < -0.4 is 0 Å². The number of hydrogen-bond donors (Lipinski definition) is 0. The van der Waals surface area contributed by atoms with E-state index < -0.39 is 0 Å². The molecule has 0 bridgehead atoms. The zero-order valence-electron chi connectivity index (χ0n) is 14.1. The Labute approximate surface area is 162 Å². The summed E-state index contributed by atoms with van der Waals surface area (Å²) in [6.45, 7) is 0. The molecule has 26 heavy (non-hydrogen) atoms. The molecule has 5 rings (SSSR count). The second kappa shape index (κ2) is 6.71. The topological polar surface area (TPSA) is 0 Å². The van der Waals surface area contributed by atoms with Crippen molar-refractivity contribution in [2.45, 2.75) is 19.6 Å². The molecule has 4 aromatic carbocycles. The highest BCUT2D eigenvalue weighted by atomic mass is 32.2. The predicted molar refractivity (Wildman–Crippen MR) is 112 cm³/mol. The summed E-state index contributed by atoms with van der Waals surface area (Å²) >= 11 is 3.75. The van der Waals surface area contributed by atoms with Crippen molar-refractivity contribution in [3.8, 4) is 22.3 Å². The third kappa shape index (κ3) is 2.96. The summed E-state index contributed by atoms with van der Waals surface area (Å²) in [5.41, 5.74) is 5.09. The molecule has 0 radical (unpaired) electrons. The van der Waals surface area contributed by atoms with E-state index in [0.29, 0.717) is 0 Å². The number of rotatable bonds is 2. The maximum atomic E-state index is 2.32. The Bertz CT molecular complexity index is 983. The maximum absolute atomic E-state index is 2.32. The summed E-state index contributed by atoms with van der Waals surface area (Å²) in [6.07, 6.45) is 0. The Morgan fingerprint density at radius 2 is 0.769 bits per heavy atom. The van der Waals surface area contributed by atoms with Gasteiger partial charge in [0, 0.05) is 19.6 Å². The zero-order chi connectivity index (χ0) is 17.3. The highest BCUT2D eigenvalue weighted by molar-refractivity contribution is 8.05. The second-order valence-corrected chi connectivity index (χ2v) is 8.43. The van der Waals surface area contributed by atoms with Crippen molar-refractivity contribution < 1.29 is 0 Å². The molecule has 0 N–H and O–H groups in total. The Hall–Kier alpha value is -2.42. The first-order valence-electron chi connectivity index (χ1n) is 8.61. The van der Waals surface area contributed by atoms with E-state index >= 15 is 0 Å². The van der Waals surface area contributed by atoms with Crippen LogP contribution in [0.2, 0.25) is 0 Å². The van der Waals surface area contributed by atoms with E-state index in [1.165, 1.54) is 41.8 Å². The van der Waals surface area contributed by atoms with Gasteiger partial charge in [-0.3, -0.25) is 0 Å². The van der Waals surface area contributed by atoms with Crippen LogP contribution in [0.5, 0.6) is 0 Å². The SMILES string of the molecule is c1ccc(-c2ccc3c(c2)Sc2cc(-c4ccccc4)ccc2S3)cc1. The van der Waals surface area contributed by atoms with Crippen LogP contribution in [0.3, 0.4) is 0 Å². The number of benzene rings is 4. The quantitative estimate of drug-likeness (QED) is 0.314. The molecule has 124 valence electrons. The predicted octanol–water partition coefficient (Wildman–Crippen LogP) is 7.64. The average molecular weight is 369 g/mol. The van der Waals surface area contributed by atoms with Gasteiger partial charge in [-0.25, -0.2) is 0 Å². The molecule has 0 aliphatic carbocycles. The average Bonchev–Trinajstić information content (AvgIpc) is 2.73. The molecule has 0 aromatic heterocycles. The lowest BCUT2D eigenvalue weighted by atomic mass is 10.1. The summed E-state index contributed by atoms with van der Waals surface area (Å²) in [5, 5.41) is 0. The zero-order valence-corrected chi connectivity index (χ0v) is 15.7. The molecule has 1 heterocycles. The first kappa shape index (κ1) is 15.8. The van der Waals surface area contributed by atoms with Crippen LogP contribution in [0, 0.1) is 0 Å². The van der Waals surface area contributed by atoms with E-state index in [0.717, 1.165) is 0 Å². The third-order valence-corrected chi connectivity index (χ3v) is 7.07. The Kier molecular flexibility index (Phi) is 4.08. The standard InChI is InChI=1S/C24H16S2/c1-3-7-17(8-4-1)19-11-13-21-23(15-19)26-24-16-20(12-14-22(24)25-21)18-9-5-2-6-10-18/h1-16H. The highest BCUT2D eigenvalue weighted by Gasteiger charge is 2.18. The third-order valence-electron chi connectivity index (χ3n) is 4.54. The fourth-order valence-electron chi connectivity index (χ4n) is 3.20. The molecule has 0 fully saturated rings. The van der Waals surface area contributed by atoms with Gasteiger partial charge in [0.25, 0.3) is 0 Å². The Morgan fingerprint density at radius 3 is 1.23 bits per heavy atom. The van der Waals surface area contributed by atoms with Gasteiger partial charge in [0.15, 0.2) is 0 Å². The van der Waals surface area contributed by atoms with Crippen molar-refractivity contribution in [3.63, 3.8) is 0 Å². The Balaban J connectivity index is 1.52. The van der Waals surface area contributed by atoms with E-state index in [9.17, 15) is 0 Å². The molecule has 0 saturated heterocycles. The van der Waals surface area contributed by atoms with Gasteiger partial charge >= 0.3 is 0 Å².